The van der Waals surface area contributed by atoms with Crippen LogP contribution in [0.3, 0.4) is 0 Å². The van der Waals surface area contributed by atoms with E-state index < -0.39 is 0 Å². The summed E-state index contributed by atoms with van der Waals surface area (Å²) in [6.07, 6.45) is 2.23. The van der Waals surface area contributed by atoms with Crippen LogP contribution in [0.5, 0.6) is 0 Å². The Labute approximate surface area is 155 Å². The molecule has 0 spiro atoms. The second-order valence-corrected chi connectivity index (χ2v) is 7.52. The minimum Gasteiger partial charge on any atom is -0.382 e. The van der Waals surface area contributed by atoms with Crippen LogP contribution in [0.1, 0.15) is 18.7 Å². The Kier molecular flexibility index (Phi) is 3.46. The molecular formula is C20H19N5S. The number of benzene rings is 1. The molecule has 0 unspecified atom stereocenters. The molecule has 0 bridgehead atoms. The molecule has 5 nitrogen and oxygen atoms in total. The number of nitrogens with one attached hydrogen (secondary N) is 1. The molecule has 0 amide bonds. The van der Waals surface area contributed by atoms with Gasteiger partial charge >= 0.3 is 0 Å². The zero-order valence-electron chi connectivity index (χ0n) is 14.3. The van der Waals surface area contributed by atoms with Crippen LogP contribution in [0, 0.1) is 0 Å². The predicted molar refractivity (Wildman–Crippen MR) is 108 cm³/mol. The maximum absolute atomic E-state index is 6.23. The summed E-state index contributed by atoms with van der Waals surface area (Å²) < 4.78 is 0. The van der Waals surface area contributed by atoms with Gasteiger partial charge in [0.2, 0.25) is 0 Å². The molecule has 26 heavy (non-hydrogen) atoms. The van der Waals surface area contributed by atoms with Crippen molar-refractivity contribution >= 4 is 39.1 Å². The van der Waals surface area contributed by atoms with Crippen molar-refractivity contribution in [1.29, 1.82) is 0 Å². The zero-order chi connectivity index (χ0) is 17.7. The quantitative estimate of drug-likeness (QED) is 0.562. The van der Waals surface area contributed by atoms with E-state index in [1.165, 1.54) is 11.3 Å². The molecule has 1 aliphatic rings. The maximum Gasteiger partial charge on any atom is 0.150 e. The van der Waals surface area contributed by atoms with Crippen LogP contribution < -0.4 is 5.73 Å². The Morgan fingerprint density at radius 1 is 1.23 bits per heavy atom. The molecule has 0 radical (unpaired) electrons. The van der Waals surface area contributed by atoms with Crippen molar-refractivity contribution in [2.75, 3.05) is 12.3 Å². The van der Waals surface area contributed by atoms with E-state index in [1.54, 1.807) is 11.3 Å². The summed E-state index contributed by atoms with van der Waals surface area (Å²) in [6, 6.07) is 8.42. The summed E-state index contributed by atoms with van der Waals surface area (Å²) in [5.74, 6) is 1.40. The molecule has 1 aromatic carbocycles. The number of imidazole rings is 1. The fraction of sp³-hybridized carbons (Fsp3) is 0.200. The Balaban J connectivity index is 1.61. The van der Waals surface area contributed by atoms with Gasteiger partial charge in [-0.15, -0.1) is 0 Å². The van der Waals surface area contributed by atoms with Gasteiger partial charge in [-0.2, -0.15) is 11.3 Å². The van der Waals surface area contributed by atoms with E-state index in [0.717, 1.165) is 59.3 Å². The topological polar surface area (TPSA) is 70.8 Å². The van der Waals surface area contributed by atoms with Crippen molar-refractivity contribution in [2.45, 2.75) is 19.4 Å². The number of anilines is 1. The molecule has 130 valence electrons. The molecule has 1 fully saturated rings. The first-order valence-corrected chi connectivity index (χ1v) is 9.66. The lowest BCUT2D eigenvalue weighted by molar-refractivity contribution is 0.378. The number of hydrogen-bond acceptors (Lipinski definition) is 5. The number of H-pyrrole nitrogens is 1. The maximum atomic E-state index is 6.23. The van der Waals surface area contributed by atoms with Crippen LogP contribution >= 0.6 is 11.3 Å². The van der Waals surface area contributed by atoms with Gasteiger partial charge in [0.1, 0.15) is 22.7 Å². The molecule has 1 saturated heterocycles. The number of hydrogen-bond donors (Lipinski definition) is 2. The van der Waals surface area contributed by atoms with Gasteiger partial charge in [0.25, 0.3) is 0 Å². The number of thiophene rings is 1. The number of nitrogens with zero attached hydrogens (tertiary/aromatic N) is 3. The summed E-state index contributed by atoms with van der Waals surface area (Å²) in [4.78, 5) is 15.1. The van der Waals surface area contributed by atoms with E-state index in [2.05, 4.69) is 56.5 Å². The van der Waals surface area contributed by atoms with Crippen molar-refractivity contribution in [2.24, 2.45) is 0 Å². The highest BCUT2D eigenvalue weighted by atomic mass is 32.1. The van der Waals surface area contributed by atoms with Gasteiger partial charge < -0.3 is 15.6 Å². The van der Waals surface area contributed by atoms with E-state index in [1.807, 2.05) is 0 Å². The summed E-state index contributed by atoms with van der Waals surface area (Å²) in [5, 5.41) is 5.24. The van der Waals surface area contributed by atoms with Crippen molar-refractivity contribution in [3.05, 3.63) is 53.1 Å². The number of aromatic nitrogens is 3. The number of aromatic amines is 1. The molecular weight excluding hydrogens is 342 g/mol. The first-order chi connectivity index (χ1) is 12.7. The monoisotopic (exact) mass is 361 g/mol. The van der Waals surface area contributed by atoms with Gasteiger partial charge in [0.15, 0.2) is 0 Å². The Morgan fingerprint density at radius 2 is 2.15 bits per heavy atom. The van der Waals surface area contributed by atoms with Crippen LogP contribution in [0.2, 0.25) is 0 Å². The Hall–Kier alpha value is -2.86. The number of nitrogen functional groups attached to an aromatic ring is 1. The average molecular weight is 361 g/mol. The van der Waals surface area contributed by atoms with E-state index in [0.29, 0.717) is 5.82 Å². The normalized spacial score (nSPS) is 14.8. The molecule has 6 heteroatoms. The lowest BCUT2D eigenvalue weighted by atomic mass is 10.1. The van der Waals surface area contributed by atoms with Crippen molar-refractivity contribution in [3.8, 4) is 11.1 Å². The van der Waals surface area contributed by atoms with Gasteiger partial charge in [-0.05, 0) is 52.9 Å². The number of fused-ring (bicyclic) bond motifs is 3. The first kappa shape index (κ1) is 15.4. The minimum absolute atomic E-state index is 0.494. The zero-order valence-corrected chi connectivity index (χ0v) is 15.1. The third-order valence-corrected chi connectivity index (χ3v) is 5.72. The van der Waals surface area contributed by atoms with Gasteiger partial charge in [-0.3, -0.25) is 0 Å². The number of pyridine rings is 1. The summed E-state index contributed by atoms with van der Waals surface area (Å²) in [6.45, 7) is 5.91. The molecule has 3 aromatic heterocycles. The molecule has 0 atom stereocenters. The highest BCUT2D eigenvalue weighted by molar-refractivity contribution is 7.08. The van der Waals surface area contributed by atoms with E-state index in [-0.39, 0.29) is 0 Å². The van der Waals surface area contributed by atoms with Crippen LogP contribution in [-0.2, 0) is 6.54 Å². The SMILES string of the molecule is C=C1CCCN1Cc1nc2c([nH]1)c(N)nc1cc(-c3ccsc3)ccc12. The van der Waals surface area contributed by atoms with Gasteiger partial charge in [0, 0.05) is 17.6 Å². The third kappa shape index (κ3) is 2.45. The molecule has 0 aliphatic carbocycles. The van der Waals surface area contributed by atoms with Crippen molar-refractivity contribution in [3.63, 3.8) is 0 Å². The fourth-order valence-electron chi connectivity index (χ4n) is 3.66. The van der Waals surface area contributed by atoms with E-state index >= 15 is 0 Å². The van der Waals surface area contributed by atoms with Crippen molar-refractivity contribution in [1.82, 2.24) is 19.9 Å². The van der Waals surface area contributed by atoms with Gasteiger partial charge in [-0.25, -0.2) is 9.97 Å². The minimum atomic E-state index is 0.494. The standard InChI is InChI=1S/C20H19N5S/c1-12-3-2-7-25(12)10-17-23-18-15-5-4-13(14-6-8-26-11-14)9-16(15)22-20(21)19(18)24-17/h4-6,8-9,11H,1-3,7,10H2,(H2,21,22)(H,23,24). The predicted octanol–water partition coefficient (Wildman–Crippen LogP) is 4.53. The fourth-order valence-corrected chi connectivity index (χ4v) is 4.32. The Bertz CT molecular complexity index is 1130. The second-order valence-electron chi connectivity index (χ2n) is 6.74. The number of rotatable bonds is 3. The molecule has 4 aromatic rings. The lowest BCUT2D eigenvalue weighted by Gasteiger charge is -2.16. The molecule has 3 N–H and O–H groups in total. The molecule has 5 rings (SSSR count). The number of allylic oxidation sites excluding steroid dienone is 1. The molecule has 0 saturated carbocycles. The number of nitrogens with two attached hydrogens (primary N) is 1. The first-order valence-electron chi connectivity index (χ1n) is 8.72. The summed E-state index contributed by atoms with van der Waals surface area (Å²) >= 11 is 1.69. The number of likely N-dealkylation sites (tertiary alicyclic amines) is 1. The molecule has 4 heterocycles. The average Bonchev–Trinajstić information content (AvgIpc) is 3.37. The van der Waals surface area contributed by atoms with Gasteiger partial charge in [-0.1, -0.05) is 12.6 Å². The van der Waals surface area contributed by atoms with Crippen molar-refractivity contribution < 1.29 is 0 Å². The Morgan fingerprint density at radius 3 is 2.92 bits per heavy atom. The summed E-state index contributed by atoms with van der Waals surface area (Å²) in [7, 11) is 0. The second kappa shape index (κ2) is 5.85. The lowest BCUT2D eigenvalue weighted by Crippen LogP contribution is -2.17. The summed E-state index contributed by atoms with van der Waals surface area (Å²) in [5.41, 5.74) is 12.3. The van der Waals surface area contributed by atoms with Crippen LogP contribution in [0.15, 0.2) is 47.3 Å². The largest absolute Gasteiger partial charge is 0.382 e. The highest BCUT2D eigenvalue weighted by Crippen LogP contribution is 2.31. The van der Waals surface area contributed by atoms with Gasteiger partial charge in [0.05, 0.1) is 12.1 Å². The van der Waals surface area contributed by atoms with Crippen LogP contribution in [0.25, 0.3) is 33.1 Å². The molecule has 1 aliphatic heterocycles. The van der Waals surface area contributed by atoms with Crippen LogP contribution in [0.4, 0.5) is 5.82 Å². The smallest absolute Gasteiger partial charge is 0.150 e. The third-order valence-electron chi connectivity index (χ3n) is 5.04. The highest BCUT2D eigenvalue weighted by Gasteiger charge is 2.18. The van der Waals surface area contributed by atoms with Crippen LogP contribution in [-0.4, -0.2) is 26.4 Å². The van der Waals surface area contributed by atoms with E-state index in [4.69, 9.17) is 10.7 Å². The van der Waals surface area contributed by atoms with E-state index in [9.17, 15) is 0 Å².